The first-order valence-electron chi connectivity index (χ1n) is 5.89. The highest BCUT2D eigenvalue weighted by atomic mass is 16.4. The first-order valence-corrected chi connectivity index (χ1v) is 5.89. The Balaban J connectivity index is 2.32. The van der Waals surface area contributed by atoms with Crippen LogP contribution in [0.3, 0.4) is 0 Å². The second-order valence-corrected chi connectivity index (χ2v) is 4.49. The third-order valence-electron chi connectivity index (χ3n) is 3.27. The van der Waals surface area contributed by atoms with E-state index in [4.69, 9.17) is 0 Å². The molecule has 1 fully saturated rings. The molecule has 0 saturated carbocycles. The SMILES string of the molecule is O=C(O)C(c1ccccc1)[C@]1(O)CCCCN1. The Morgan fingerprint density at radius 3 is 2.53 bits per heavy atom. The van der Waals surface area contributed by atoms with E-state index >= 15 is 0 Å². The van der Waals surface area contributed by atoms with Gasteiger partial charge in [-0.25, -0.2) is 0 Å². The molecule has 1 unspecified atom stereocenters. The first-order chi connectivity index (χ1) is 8.13. The molecule has 4 nitrogen and oxygen atoms in total. The van der Waals surface area contributed by atoms with Crippen LogP contribution in [0.25, 0.3) is 0 Å². The zero-order valence-electron chi connectivity index (χ0n) is 9.60. The minimum Gasteiger partial charge on any atom is -0.481 e. The van der Waals surface area contributed by atoms with Gasteiger partial charge >= 0.3 is 5.97 Å². The van der Waals surface area contributed by atoms with E-state index < -0.39 is 17.6 Å². The maximum Gasteiger partial charge on any atom is 0.315 e. The summed E-state index contributed by atoms with van der Waals surface area (Å²) in [6.45, 7) is 0.660. The Labute approximate surface area is 100 Å². The van der Waals surface area contributed by atoms with Crippen molar-refractivity contribution in [3.05, 3.63) is 35.9 Å². The van der Waals surface area contributed by atoms with Gasteiger partial charge in [0.1, 0.15) is 11.6 Å². The lowest BCUT2D eigenvalue weighted by Gasteiger charge is -2.38. The van der Waals surface area contributed by atoms with Crippen molar-refractivity contribution in [3.8, 4) is 0 Å². The van der Waals surface area contributed by atoms with Crippen LogP contribution in [0.5, 0.6) is 0 Å². The molecule has 4 heteroatoms. The molecule has 1 aliphatic heterocycles. The Kier molecular flexibility index (Phi) is 3.45. The molecule has 17 heavy (non-hydrogen) atoms. The van der Waals surface area contributed by atoms with Gasteiger partial charge in [0.05, 0.1) is 0 Å². The number of benzene rings is 1. The van der Waals surface area contributed by atoms with Gasteiger partial charge in [0, 0.05) is 0 Å². The smallest absolute Gasteiger partial charge is 0.315 e. The van der Waals surface area contributed by atoms with Crippen LogP contribution >= 0.6 is 0 Å². The van der Waals surface area contributed by atoms with Crippen molar-refractivity contribution in [2.45, 2.75) is 30.9 Å². The van der Waals surface area contributed by atoms with E-state index in [9.17, 15) is 15.0 Å². The first kappa shape index (κ1) is 12.1. The Hall–Kier alpha value is -1.39. The van der Waals surface area contributed by atoms with E-state index in [1.54, 1.807) is 24.3 Å². The fraction of sp³-hybridized carbons (Fsp3) is 0.462. The number of aliphatic carboxylic acids is 1. The van der Waals surface area contributed by atoms with Crippen molar-refractivity contribution in [2.75, 3.05) is 6.54 Å². The molecule has 1 aromatic carbocycles. The molecule has 0 aliphatic carbocycles. The van der Waals surface area contributed by atoms with Gasteiger partial charge in [-0.2, -0.15) is 0 Å². The Morgan fingerprint density at radius 2 is 2.00 bits per heavy atom. The van der Waals surface area contributed by atoms with E-state index in [0.29, 0.717) is 18.5 Å². The molecule has 92 valence electrons. The van der Waals surface area contributed by atoms with Crippen LogP contribution in [0, 0.1) is 0 Å². The maximum atomic E-state index is 11.4. The van der Waals surface area contributed by atoms with Gasteiger partial charge in [0.25, 0.3) is 0 Å². The molecular weight excluding hydrogens is 218 g/mol. The summed E-state index contributed by atoms with van der Waals surface area (Å²) >= 11 is 0. The minimum absolute atomic E-state index is 0.471. The Bertz CT molecular complexity index is 385. The number of hydrogen-bond acceptors (Lipinski definition) is 3. The summed E-state index contributed by atoms with van der Waals surface area (Å²) in [6, 6.07) is 8.90. The van der Waals surface area contributed by atoms with E-state index in [2.05, 4.69) is 5.32 Å². The van der Waals surface area contributed by atoms with Crippen LogP contribution in [0.1, 0.15) is 30.7 Å². The van der Waals surface area contributed by atoms with Crippen molar-refractivity contribution < 1.29 is 15.0 Å². The molecule has 0 amide bonds. The predicted molar refractivity (Wildman–Crippen MR) is 63.6 cm³/mol. The molecule has 1 saturated heterocycles. The van der Waals surface area contributed by atoms with Crippen LogP contribution in [-0.2, 0) is 4.79 Å². The maximum absolute atomic E-state index is 11.4. The lowest BCUT2D eigenvalue weighted by Crippen LogP contribution is -2.55. The largest absolute Gasteiger partial charge is 0.481 e. The Morgan fingerprint density at radius 1 is 1.29 bits per heavy atom. The molecule has 0 spiro atoms. The van der Waals surface area contributed by atoms with Gasteiger partial charge in [-0.15, -0.1) is 0 Å². The molecule has 0 bridgehead atoms. The van der Waals surface area contributed by atoms with E-state index in [0.717, 1.165) is 12.8 Å². The second kappa shape index (κ2) is 4.85. The summed E-state index contributed by atoms with van der Waals surface area (Å²) in [4.78, 5) is 11.4. The molecular formula is C13H17NO3. The molecule has 2 rings (SSSR count). The van der Waals surface area contributed by atoms with Crippen LogP contribution in [0.4, 0.5) is 0 Å². The number of carboxylic acids is 1. The number of rotatable bonds is 3. The monoisotopic (exact) mass is 235 g/mol. The zero-order chi connectivity index (χ0) is 12.3. The van der Waals surface area contributed by atoms with Crippen LogP contribution in [0.2, 0.25) is 0 Å². The third-order valence-corrected chi connectivity index (χ3v) is 3.27. The fourth-order valence-electron chi connectivity index (χ4n) is 2.43. The van der Waals surface area contributed by atoms with Crippen molar-refractivity contribution in [1.82, 2.24) is 5.32 Å². The lowest BCUT2D eigenvalue weighted by atomic mass is 9.83. The zero-order valence-corrected chi connectivity index (χ0v) is 9.60. The van der Waals surface area contributed by atoms with Gasteiger partial charge in [-0.3, -0.25) is 10.1 Å². The molecule has 3 N–H and O–H groups in total. The normalized spacial score (nSPS) is 26.4. The van der Waals surface area contributed by atoms with Crippen LogP contribution < -0.4 is 5.32 Å². The quantitative estimate of drug-likeness (QED) is 0.739. The summed E-state index contributed by atoms with van der Waals surface area (Å²) in [5, 5.41) is 22.8. The van der Waals surface area contributed by atoms with Gasteiger partial charge < -0.3 is 10.2 Å². The lowest BCUT2D eigenvalue weighted by molar-refractivity contribution is -0.149. The molecule has 1 aliphatic rings. The summed E-state index contributed by atoms with van der Waals surface area (Å²) in [5.41, 5.74) is -0.692. The molecule has 1 heterocycles. The van der Waals surface area contributed by atoms with E-state index in [-0.39, 0.29) is 0 Å². The summed E-state index contributed by atoms with van der Waals surface area (Å²) in [5.74, 6) is -1.91. The van der Waals surface area contributed by atoms with E-state index in [1.165, 1.54) is 0 Å². The number of hydrogen-bond donors (Lipinski definition) is 3. The molecule has 1 aromatic rings. The van der Waals surface area contributed by atoms with Gasteiger partial charge in [0.15, 0.2) is 0 Å². The topological polar surface area (TPSA) is 69.6 Å². The predicted octanol–water partition coefficient (Wildman–Crippen LogP) is 1.32. The van der Waals surface area contributed by atoms with E-state index in [1.807, 2.05) is 6.07 Å². The number of nitrogens with one attached hydrogen (secondary N) is 1. The second-order valence-electron chi connectivity index (χ2n) is 4.49. The minimum atomic E-state index is -1.33. The number of aliphatic hydroxyl groups is 1. The summed E-state index contributed by atoms with van der Waals surface area (Å²) < 4.78 is 0. The standard InChI is InChI=1S/C13H17NO3/c15-12(16)11(10-6-2-1-3-7-10)13(17)8-4-5-9-14-13/h1-3,6-7,11,14,17H,4-5,8-9H2,(H,15,16)/t11?,13-/m1/s1. The fourth-order valence-corrected chi connectivity index (χ4v) is 2.43. The van der Waals surface area contributed by atoms with Gasteiger partial charge in [-0.1, -0.05) is 30.3 Å². The highest BCUT2D eigenvalue weighted by Crippen LogP contribution is 2.32. The molecule has 2 atom stereocenters. The summed E-state index contributed by atoms with van der Waals surface area (Å²) in [6.07, 6.45) is 2.29. The van der Waals surface area contributed by atoms with Gasteiger partial charge in [0.2, 0.25) is 0 Å². The number of carboxylic acid groups (broad SMARTS) is 1. The average molecular weight is 235 g/mol. The van der Waals surface area contributed by atoms with Gasteiger partial charge in [-0.05, 0) is 31.4 Å². The molecule has 0 radical (unpaired) electrons. The third kappa shape index (κ3) is 2.48. The highest BCUT2D eigenvalue weighted by molar-refractivity contribution is 5.77. The number of piperidine rings is 1. The van der Waals surface area contributed by atoms with Crippen LogP contribution in [-0.4, -0.2) is 28.5 Å². The number of carbonyl (C=O) groups is 1. The van der Waals surface area contributed by atoms with Crippen LogP contribution in [0.15, 0.2) is 30.3 Å². The highest BCUT2D eigenvalue weighted by Gasteiger charge is 2.43. The average Bonchev–Trinajstić information content (AvgIpc) is 2.30. The summed E-state index contributed by atoms with van der Waals surface area (Å²) in [7, 11) is 0. The van der Waals surface area contributed by atoms with Crippen molar-refractivity contribution in [3.63, 3.8) is 0 Å². The van der Waals surface area contributed by atoms with Crippen molar-refractivity contribution in [1.29, 1.82) is 0 Å². The molecule has 0 aromatic heterocycles. The van der Waals surface area contributed by atoms with Crippen molar-refractivity contribution in [2.24, 2.45) is 0 Å². The van der Waals surface area contributed by atoms with Crippen molar-refractivity contribution >= 4 is 5.97 Å².